The van der Waals surface area contributed by atoms with Gasteiger partial charge in [-0.25, -0.2) is 0 Å². The van der Waals surface area contributed by atoms with Crippen LogP contribution in [0.4, 0.5) is 0 Å². The van der Waals surface area contributed by atoms with Crippen molar-refractivity contribution in [1.82, 2.24) is 25.0 Å². The van der Waals surface area contributed by atoms with Gasteiger partial charge in [-0.2, -0.15) is 10.4 Å². The molecule has 8 nitrogen and oxygen atoms in total. The third-order valence-electron chi connectivity index (χ3n) is 5.59. The molecule has 2 fully saturated rings. The number of rotatable bonds is 5. The Bertz CT molecular complexity index is 1210. The van der Waals surface area contributed by atoms with Gasteiger partial charge in [0.25, 0.3) is 5.91 Å². The summed E-state index contributed by atoms with van der Waals surface area (Å²) >= 11 is 1.54. The van der Waals surface area contributed by atoms with Crippen molar-refractivity contribution in [2.24, 2.45) is 0 Å². The monoisotopic (exact) mass is 432 g/mol. The van der Waals surface area contributed by atoms with E-state index in [0.717, 1.165) is 29.4 Å². The lowest BCUT2D eigenvalue weighted by Gasteiger charge is -2.18. The van der Waals surface area contributed by atoms with Gasteiger partial charge in [0, 0.05) is 29.1 Å². The highest BCUT2D eigenvalue weighted by molar-refractivity contribution is 7.99. The molecule has 1 aliphatic heterocycles. The lowest BCUT2D eigenvalue weighted by Crippen LogP contribution is -2.42. The maximum absolute atomic E-state index is 12.9. The Balaban J connectivity index is 1.36. The number of carbonyl (C=O) groups excluding carboxylic acids is 2. The second kappa shape index (κ2) is 8.04. The first-order valence-electron chi connectivity index (χ1n) is 10.1. The minimum Gasteiger partial charge on any atom is -0.343 e. The van der Waals surface area contributed by atoms with Gasteiger partial charge in [-0.05, 0) is 36.6 Å². The molecular formula is C22H20N6O2S. The molecule has 2 aromatic heterocycles. The van der Waals surface area contributed by atoms with E-state index < -0.39 is 6.04 Å². The molecule has 1 aromatic carbocycles. The van der Waals surface area contributed by atoms with Crippen LogP contribution in [0.15, 0.2) is 42.9 Å². The molecule has 0 spiro atoms. The van der Waals surface area contributed by atoms with Crippen LogP contribution in [0.1, 0.15) is 29.2 Å². The first-order chi connectivity index (χ1) is 15.1. The number of carbonyl (C=O) groups is 2. The highest BCUT2D eigenvalue weighted by Crippen LogP contribution is 2.35. The summed E-state index contributed by atoms with van der Waals surface area (Å²) in [5, 5.41) is 17.0. The zero-order valence-corrected chi connectivity index (χ0v) is 17.5. The smallest absolute Gasteiger partial charge is 0.252 e. The Kier molecular flexibility index (Phi) is 5.08. The van der Waals surface area contributed by atoms with E-state index in [4.69, 9.17) is 5.26 Å². The maximum atomic E-state index is 12.9. The summed E-state index contributed by atoms with van der Waals surface area (Å²) < 4.78 is 1.99. The highest BCUT2D eigenvalue weighted by Gasteiger charge is 2.29. The number of aromatic nitrogens is 3. The van der Waals surface area contributed by atoms with Crippen molar-refractivity contribution in [2.75, 3.05) is 18.2 Å². The number of fused-ring (bicyclic) bond motifs is 1. The molecule has 1 atom stereocenters. The van der Waals surface area contributed by atoms with Gasteiger partial charge >= 0.3 is 0 Å². The third kappa shape index (κ3) is 3.86. The third-order valence-corrected chi connectivity index (χ3v) is 6.61. The summed E-state index contributed by atoms with van der Waals surface area (Å²) in [6.45, 7) is -0.144. The van der Waals surface area contributed by atoms with Gasteiger partial charge in [0.2, 0.25) is 5.91 Å². The average molecular weight is 433 g/mol. The summed E-state index contributed by atoms with van der Waals surface area (Å²) in [5.41, 5.74) is 3.12. The van der Waals surface area contributed by atoms with Crippen molar-refractivity contribution in [3.63, 3.8) is 0 Å². The van der Waals surface area contributed by atoms with E-state index in [1.165, 1.54) is 16.7 Å². The van der Waals surface area contributed by atoms with Crippen molar-refractivity contribution >= 4 is 34.5 Å². The average Bonchev–Trinajstić information content (AvgIpc) is 3.33. The molecule has 9 heteroatoms. The van der Waals surface area contributed by atoms with Crippen LogP contribution in [0, 0.1) is 11.3 Å². The summed E-state index contributed by atoms with van der Waals surface area (Å²) in [4.78, 5) is 31.2. The molecule has 1 saturated heterocycles. The number of benzene rings is 1. The molecule has 2 amide bonds. The number of nitrogens with zero attached hydrogens (tertiary/aromatic N) is 5. The zero-order chi connectivity index (χ0) is 21.4. The molecule has 31 heavy (non-hydrogen) atoms. The van der Waals surface area contributed by atoms with Crippen LogP contribution in [-0.2, 0) is 4.79 Å². The van der Waals surface area contributed by atoms with Crippen molar-refractivity contribution < 1.29 is 9.59 Å². The lowest BCUT2D eigenvalue weighted by molar-refractivity contribution is -0.129. The van der Waals surface area contributed by atoms with E-state index in [2.05, 4.69) is 21.5 Å². The van der Waals surface area contributed by atoms with E-state index in [1.54, 1.807) is 12.3 Å². The first-order valence-corrected chi connectivity index (χ1v) is 11.3. The van der Waals surface area contributed by atoms with E-state index in [9.17, 15) is 9.59 Å². The predicted octanol–water partition coefficient (Wildman–Crippen LogP) is 2.59. The Morgan fingerprint density at radius 1 is 1.26 bits per heavy atom. The van der Waals surface area contributed by atoms with E-state index in [1.807, 2.05) is 35.3 Å². The van der Waals surface area contributed by atoms with Gasteiger partial charge in [0.15, 0.2) is 0 Å². The molecule has 5 rings (SSSR count). The standard InChI is InChI=1S/C22H20N6O2S/c23-8-17-12-31-13-27(17)21(29)10-25-22(30)18-5-6-24-20-4-1-14(7-19(18)20)15-9-26-28(11-15)16-2-3-16/h1,4-7,9,11,16-17H,2-3,10,12-13H2,(H,25,30)/t17-/m1/s1. The fourth-order valence-electron chi connectivity index (χ4n) is 3.70. The fraction of sp³-hybridized carbons (Fsp3) is 0.318. The molecule has 3 heterocycles. The molecule has 0 bridgehead atoms. The quantitative estimate of drug-likeness (QED) is 0.665. The van der Waals surface area contributed by atoms with Crippen molar-refractivity contribution in [3.05, 3.63) is 48.4 Å². The maximum Gasteiger partial charge on any atom is 0.252 e. The number of hydrogen-bond donors (Lipinski definition) is 1. The van der Waals surface area contributed by atoms with Gasteiger partial charge in [-0.3, -0.25) is 19.3 Å². The van der Waals surface area contributed by atoms with Gasteiger partial charge in [0.1, 0.15) is 6.04 Å². The Morgan fingerprint density at radius 2 is 2.13 bits per heavy atom. The van der Waals surface area contributed by atoms with Crippen LogP contribution in [0.3, 0.4) is 0 Å². The number of nitrogens with one attached hydrogen (secondary N) is 1. The van der Waals surface area contributed by atoms with Crippen LogP contribution < -0.4 is 5.32 Å². The van der Waals surface area contributed by atoms with Gasteiger partial charge in [0.05, 0.1) is 41.8 Å². The molecule has 0 radical (unpaired) electrons. The summed E-state index contributed by atoms with van der Waals surface area (Å²) in [6.07, 6.45) is 7.79. The molecule has 1 aliphatic carbocycles. The number of nitriles is 1. The molecule has 3 aromatic rings. The summed E-state index contributed by atoms with van der Waals surface area (Å²) in [5.74, 6) is 0.484. The molecule has 1 N–H and O–H groups in total. The zero-order valence-electron chi connectivity index (χ0n) is 16.7. The van der Waals surface area contributed by atoms with Crippen molar-refractivity contribution in [1.29, 1.82) is 5.26 Å². The van der Waals surface area contributed by atoms with Crippen LogP contribution >= 0.6 is 11.8 Å². The number of pyridine rings is 1. The highest BCUT2D eigenvalue weighted by atomic mass is 32.2. The van der Waals surface area contributed by atoms with Crippen LogP contribution in [0.2, 0.25) is 0 Å². The van der Waals surface area contributed by atoms with Crippen LogP contribution in [-0.4, -0.2) is 55.7 Å². The van der Waals surface area contributed by atoms with E-state index >= 15 is 0 Å². The molecule has 2 aliphatic rings. The number of hydrogen-bond acceptors (Lipinski definition) is 6. The van der Waals surface area contributed by atoms with Gasteiger partial charge < -0.3 is 10.2 Å². The number of amides is 2. The minimum absolute atomic E-state index is 0.144. The summed E-state index contributed by atoms with van der Waals surface area (Å²) in [7, 11) is 0. The van der Waals surface area contributed by atoms with Crippen molar-refractivity contribution in [3.8, 4) is 17.2 Å². The SMILES string of the molecule is N#C[C@@H]1CSCN1C(=O)CNC(=O)c1ccnc2ccc(-c3cnn(C4CC4)c3)cc12. The molecule has 0 unspecified atom stereocenters. The normalized spacial score (nSPS) is 18.2. The first kappa shape index (κ1) is 19.6. The van der Waals surface area contributed by atoms with Gasteiger partial charge in [-0.1, -0.05) is 6.07 Å². The Hall–Kier alpha value is -3.38. The molecular weight excluding hydrogens is 412 g/mol. The second-order valence-corrected chi connectivity index (χ2v) is 8.72. The Labute approximate surface area is 183 Å². The predicted molar refractivity (Wildman–Crippen MR) is 117 cm³/mol. The topological polar surface area (TPSA) is 104 Å². The largest absolute Gasteiger partial charge is 0.343 e. The number of thioether (sulfide) groups is 1. The van der Waals surface area contributed by atoms with E-state index in [-0.39, 0.29) is 18.4 Å². The van der Waals surface area contributed by atoms with Crippen molar-refractivity contribution in [2.45, 2.75) is 24.9 Å². The fourth-order valence-corrected chi connectivity index (χ4v) is 4.80. The lowest BCUT2D eigenvalue weighted by atomic mass is 10.0. The van der Waals surface area contributed by atoms with E-state index in [0.29, 0.717) is 28.8 Å². The second-order valence-electron chi connectivity index (χ2n) is 7.72. The van der Waals surface area contributed by atoms with Crippen LogP contribution in [0.5, 0.6) is 0 Å². The van der Waals surface area contributed by atoms with Gasteiger partial charge in [-0.15, -0.1) is 11.8 Å². The van der Waals surface area contributed by atoms with Crippen LogP contribution in [0.25, 0.3) is 22.0 Å². The minimum atomic E-state index is -0.435. The molecule has 1 saturated carbocycles. The summed E-state index contributed by atoms with van der Waals surface area (Å²) in [6, 6.07) is 9.66. The molecule has 156 valence electrons. The Morgan fingerprint density at radius 3 is 2.94 bits per heavy atom.